The lowest BCUT2D eigenvalue weighted by Crippen LogP contribution is -2.46. The largest absolute Gasteiger partial charge is 0.491 e. The minimum Gasteiger partial charge on any atom is -0.491 e. The van der Waals surface area contributed by atoms with E-state index in [-0.39, 0.29) is 11.0 Å². The van der Waals surface area contributed by atoms with Crippen molar-refractivity contribution < 1.29 is 9.84 Å². The Hall–Kier alpha value is -1.06. The molecule has 1 atom stereocenters. The second kappa shape index (κ2) is 7.47. The van der Waals surface area contributed by atoms with Crippen molar-refractivity contribution in [2.45, 2.75) is 66.5 Å². The zero-order valence-electron chi connectivity index (χ0n) is 15.3. The minimum absolute atomic E-state index is 0.000986. The Morgan fingerprint density at radius 3 is 2.32 bits per heavy atom. The zero-order valence-corrected chi connectivity index (χ0v) is 15.3. The van der Waals surface area contributed by atoms with Gasteiger partial charge in [0.15, 0.2) is 0 Å². The molecule has 0 radical (unpaired) electrons. The van der Waals surface area contributed by atoms with Crippen LogP contribution >= 0.6 is 0 Å². The highest BCUT2D eigenvalue weighted by atomic mass is 16.5. The highest BCUT2D eigenvalue weighted by Crippen LogP contribution is 2.26. The van der Waals surface area contributed by atoms with Crippen LogP contribution in [0.15, 0.2) is 18.2 Å². The Balaban J connectivity index is 2.42. The molecule has 3 nitrogen and oxygen atoms in total. The lowest BCUT2D eigenvalue weighted by molar-refractivity contribution is 0.0941. The van der Waals surface area contributed by atoms with E-state index in [0.29, 0.717) is 13.2 Å². The van der Waals surface area contributed by atoms with E-state index in [1.54, 1.807) is 0 Å². The first-order valence-electron chi connectivity index (χ1n) is 8.12. The summed E-state index contributed by atoms with van der Waals surface area (Å²) in [6.07, 6.45) is 0.532. The summed E-state index contributed by atoms with van der Waals surface area (Å²) in [4.78, 5) is 0. The van der Waals surface area contributed by atoms with Gasteiger partial charge in [0.2, 0.25) is 0 Å². The lowest BCUT2D eigenvalue weighted by Gasteiger charge is -2.34. The smallest absolute Gasteiger partial charge is 0.122 e. The van der Waals surface area contributed by atoms with Crippen molar-refractivity contribution in [3.63, 3.8) is 0 Å². The van der Waals surface area contributed by atoms with Gasteiger partial charge in [0.05, 0.1) is 0 Å². The van der Waals surface area contributed by atoms with Gasteiger partial charge in [0, 0.05) is 12.1 Å². The van der Waals surface area contributed by atoms with E-state index in [2.05, 4.69) is 52.9 Å². The molecule has 0 saturated carbocycles. The standard InChI is InChI=1S/C19H33NO2/c1-14-8-9-17(15(2)10-14)22-12-16(21)11-20-19(6,7)13-18(3,4)5/h8-10,16,20-21H,11-13H2,1-7H3/t16-/m1/s1. The van der Waals surface area contributed by atoms with Crippen LogP contribution in [-0.2, 0) is 0 Å². The molecule has 0 aliphatic rings. The van der Waals surface area contributed by atoms with Crippen LogP contribution in [0.5, 0.6) is 5.75 Å². The third kappa shape index (κ3) is 7.28. The molecule has 1 aromatic carbocycles. The molecule has 126 valence electrons. The number of rotatable bonds is 7. The van der Waals surface area contributed by atoms with Gasteiger partial charge in [-0.3, -0.25) is 0 Å². The van der Waals surface area contributed by atoms with Crippen molar-refractivity contribution in [3.8, 4) is 5.75 Å². The minimum atomic E-state index is -0.514. The normalized spacial score (nSPS) is 14.0. The Labute approximate surface area is 136 Å². The quantitative estimate of drug-likeness (QED) is 0.804. The molecule has 2 N–H and O–H groups in total. The van der Waals surface area contributed by atoms with Gasteiger partial charge >= 0.3 is 0 Å². The van der Waals surface area contributed by atoms with Crippen molar-refractivity contribution >= 4 is 0 Å². The molecule has 0 amide bonds. The van der Waals surface area contributed by atoms with Gasteiger partial charge in [-0.05, 0) is 51.2 Å². The van der Waals surface area contributed by atoms with Crippen molar-refractivity contribution in [1.82, 2.24) is 5.32 Å². The second-order valence-electron chi connectivity index (χ2n) is 8.24. The number of ether oxygens (including phenoxy) is 1. The van der Waals surface area contributed by atoms with Crippen LogP contribution in [0.4, 0.5) is 0 Å². The summed E-state index contributed by atoms with van der Waals surface area (Å²) < 4.78 is 5.73. The molecule has 0 saturated heterocycles. The maximum Gasteiger partial charge on any atom is 0.122 e. The maximum atomic E-state index is 10.1. The number of β-amino-alcohol motifs (C(OH)–C–C–N with tert-alkyl or cyclic N) is 1. The molecule has 0 aliphatic carbocycles. The van der Waals surface area contributed by atoms with Crippen molar-refractivity contribution in [2.75, 3.05) is 13.2 Å². The molecule has 0 bridgehead atoms. The Morgan fingerprint density at radius 2 is 1.77 bits per heavy atom. The predicted molar refractivity (Wildman–Crippen MR) is 93.6 cm³/mol. The van der Waals surface area contributed by atoms with Crippen LogP contribution in [0.3, 0.4) is 0 Å². The third-order valence-corrected chi connectivity index (χ3v) is 3.55. The van der Waals surface area contributed by atoms with Gasteiger partial charge in [-0.1, -0.05) is 38.5 Å². The van der Waals surface area contributed by atoms with E-state index in [4.69, 9.17) is 4.74 Å². The maximum absolute atomic E-state index is 10.1. The lowest BCUT2D eigenvalue weighted by atomic mass is 9.82. The fraction of sp³-hybridized carbons (Fsp3) is 0.684. The van der Waals surface area contributed by atoms with Gasteiger partial charge in [0.25, 0.3) is 0 Å². The predicted octanol–water partition coefficient (Wildman–Crippen LogP) is 3.85. The van der Waals surface area contributed by atoms with Crippen LogP contribution < -0.4 is 10.1 Å². The number of benzene rings is 1. The number of aryl methyl sites for hydroxylation is 2. The van der Waals surface area contributed by atoms with Crippen molar-refractivity contribution in [3.05, 3.63) is 29.3 Å². The summed E-state index contributed by atoms with van der Waals surface area (Å²) in [6.45, 7) is 16.0. The molecule has 3 heteroatoms. The summed E-state index contributed by atoms with van der Waals surface area (Å²) >= 11 is 0. The SMILES string of the molecule is Cc1ccc(OC[C@H](O)CNC(C)(C)CC(C)(C)C)c(C)c1. The van der Waals surface area contributed by atoms with E-state index in [0.717, 1.165) is 17.7 Å². The van der Waals surface area contributed by atoms with E-state index in [9.17, 15) is 5.11 Å². The van der Waals surface area contributed by atoms with Crippen LogP contribution in [0.1, 0.15) is 52.2 Å². The van der Waals surface area contributed by atoms with Crippen molar-refractivity contribution in [1.29, 1.82) is 0 Å². The Morgan fingerprint density at radius 1 is 1.14 bits per heavy atom. The van der Waals surface area contributed by atoms with Crippen LogP contribution in [0.25, 0.3) is 0 Å². The van der Waals surface area contributed by atoms with E-state index in [1.807, 2.05) is 19.1 Å². The summed E-state index contributed by atoms with van der Waals surface area (Å²) in [6, 6.07) is 6.08. The molecule has 0 heterocycles. The second-order valence-corrected chi connectivity index (χ2v) is 8.24. The fourth-order valence-corrected chi connectivity index (χ4v) is 2.99. The van der Waals surface area contributed by atoms with Gasteiger partial charge in [0.1, 0.15) is 18.5 Å². The summed E-state index contributed by atoms with van der Waals surface area (Å²) in [5.41, 5.74) is 2.58. The summed E-state index contributed by atoms with van der Waals surface area (Å²) in [5, 5.41) is 13.6. The van der Waals surface area contributed by atoms with Gasteiger partial charge in [-0.25, -0.2) is 0 Å². The topological polar surface area (TPSA) is 41.5 Å². The number of nitrogens with one attached hydrogen (secondary N) is 1. The first-order chi connectivity index (χ1) is 9.98. The Kier molecular flexibility index (Phi) is 6.45. The molecule has 22 heavy (non-hydrogen) atoms. The zero-order chi connectivity index (χ0) is 17.0. The molecule has 0 fully saturated rings. The molecule has 0 spiro atoms. The highest BCUT2D eigenvalue weighted by molar-refractivity contribution is 5.35. The van der Waals surface area contributed by atoms with Gasteiger partial charge in [-0.2, -0.15) is 0 Å². The molecular weight excluding hydrogens is 274 g/mol. The summed E-state index contributed by atoms with van der Waals surface area (Å²) in [5.74, 6) is 0.846. The van der Waals surface area contributed by atoms with E-state index in [1.165, 1.54) is 5.56 Å². The number of aliphatic hydroxyl groups excluding tert-OH is 1. The third-order valence-electron chi connectivity index (χ3n) is 3.55. The monoisotopic (exact) mass is 307 g/mol. The number of hydrogen-bond acceptors (Lipinski definition) is 3. The van der Waals surface area contributed by atoms with Crippen LogP contribution in [0.2, 0.25) is 0 Å². The highest BCUT2D eigenvalue weighted by Gasteiger charge is 2.25. The van der Waals surface area contributed by atoms with E-state index >= 15 is 0 Å². The van der Waals surface area contributed by atoms with Gasteiger partial charge in [-0.15, -0.1) is 0 Å². The van der Waals surface area contributed by atoms with Crippen LogP contribution in [0, 0.1) is 19.3 Å². The molecular formula is C19H33NO2. The Bertz CT molecular complexity index is 475. The molecule has 0 aliphatic heterocycles. The fourth-order valence-electron chi connectivity index (χ4n) is 2.99. The first-order valence-corrected chi connectivity index (χ1v) is 8.12. The van der Waals surface area contributed by atoms with Crippen LogP contribution in [-0.4, -0.2) is 29.9 Å². The van der Waals surface area contributed by atoms with Crippen molar-refractivity contribution in [2.24, 2.45) is 5.41 Å². The average molecular weight is 307 g/mol. The molecule has 1 rings (SSSR count). The number of aliphatic hydroxyl groups is 1. The number of hydrogen-bond donors (Lipinski definition) is 2. The van der Waals surface area contributed by atoms with Gasteiger partial charge < -0.3 is 15.2 Å². The molecule has 0 aromatic heterocycles. The average Bonchev–Trinajstić information content (AvgIpc) is 2.32. The molecule has 1 aromatic rings. The van der Waals surface area contributed by atoms with E-state index < -0.39 is 6.10 Å². The first kappa shape index (κ1) is 19.0. The summed E-state index contributed by atoms with van der Waals surface area (Å²) in [7, 11) is 0. The molecule has 0 unspecified atom stereocenters.